The van der Waals surface area contributed by atoms with Crippen LogP contribution >= 0.6 is 11.3 Å². The maximum Gasteiger partial charge on any atom is 0.246 e. The van der Waals surface area contributed by atoms with Crippen molar-refractivity contribution in [3.63, 3.8) is 0 Å². The SMILES string of the molecule is C/C(=N/NC(=O)Cc1csc(N2CCOCC2)n1)c1cc(F)ccc1F. The number of hydrogen-bond donors (Lipinski definition) is 1. The van der Waals surface area contributed by atoms with Crippen LogP contribution in [0.3, 0.4) is 0 Å². The Morgan fingerprint density at radius 3 is 2.92 bits per heavy atom. The average molecular weight is 380 g/mol. The summed E-state index contributed by atoms with van der Waals surface area (Å²) in [5, 5.41) is 6.53. The van der Waals surface area contributed by atoms with E-state index in [1.807, 2.05) is 5.38 Å². The first-order valence-corrected chi connectivity index (χ1v) is 8.96. The van der Waals surface area contributed by atoms with E-state index >= 15 is 0 Å². The van der Waals surface area contributed by atoms with E-state index in [4.69, 9.17) is 4.74 Å². The summed E-state index contributed by atoms with van der Waals surface area (Å²) in [6.07, 6.45) is 0.0588. The summed E-state index contributed by atoms with van der Waals surface area (Å²) in [5.41, 5.74) is 3.18. The predicted octanol–water partition coefficient (Wildman–Crippen LogP) is 2.34. The molecular formula is C17H18F2N4O2S. The summed E-state index contributed by atoms with van der Waals surface area (Å²) >= 11 is 1.48. The summed E-state index contributed by atoms with van der Waals surface area (Å²) in [7, 11) is 0. The number of carbonyl (C=O) groups excluding carboxylic acids is 1. The number of nitrogens with zero attached hydrogens (tertiary/aromatic N) is 3. The van der Waals surface area contributed by atoms with Crippen molar-refractivity contribution >= 4 is 28.1 Å². The fourth-order valence-corrected chi connectivity index (χ4v) is 3.34. The third-order valence-corrected chi connectivity index (χ3v) is 4.78. The van der Waals surface area contributed by atoms with Gasteiger partial charge in [-0.3, -0.25) is 4.79 Å². The Morgan fingerprint density at radius 2 is 2.15 bits per heavy atom. The van der Waals surface area contributed by atoms with Crippen LogP contribution in [0.15, 0.2) is 28.7 Å². The maximum atomic E-state index is 13.7. The van der Waals surface area contributed by atoms with E-state index in [9.17, 15) is 13.6 Å². The number of aromatic nitrogens is 1. The maximum absolute atomic E-state index is 13.7. The van der Waals surface area contributed by atoms with Crippen molar-refractivity contribution in [2.75, 3.05) is 31.2 Å². The largest absolute Gasteiger partial charge is 0.378 e. The van der Waals surface area contributed by atoms with Gasteiger partial charge < -0.3 is 9.64 Å². The molecule has 2 heterocycles. The molecule has 6 nitrogen and oxygen atoms in total. The Hall–Kier alpha value is -2.39. The van der Waals surface area contributed by atoms with Crippen molar-refractivity contribution in [3.05, 3.63) is 46.5 Å². The van der Waals surface area contributed by atoms with Crippen molar-refractivity contribution in [1.29, 1.82) is 0 Å². The summed E-state index contributed by atoms with van der Waals surface area (Å²) in [4.78, 5) is 18.6. The molecule has 1 fully saturated rings. The molecule has 9 heteroatoms. The van der Waals surface area contributed by atoms with Gasteiger partial charge in [0.1, 0.15) is 11.6 Å². The first-order chi connectivity index (χ1) is 12.5. The molecule has 0 saturated carbocycles. The Labute approximate surface area is 153 Å². The molecule has 1 aromatic carbocycles. The van der Waals surface area contributed by atoms with Crippen LogP contribution in [0.25, 0.3) is 0 Å². The van der Waals surface area contributed by atoms with Crippen LogP contribution < -0.4 is 10.3 Å². The molecular weight excluding hydrogens is 362 g/mol. The van der Waals surface area contributed by atoms with Gasteiger partial charge in [0.2, 0.25) is 5.91 Å². The second-order valence-corrected chi connectivity index (χ2v) is 6.59. The van der Waals surface area contributed by atoms with Crippen molar-refractivity contribution in [1.82, 2.24) is 10.4 Å². The van der Waals surface area contributed by atoms with Crippen LogP contribution in [0.1, 0.15) is 18.2 Å². The van der Waals surface area contributed by atoms with Gasteiger partial charge in [0.25, 0.3) is 0 Å². The van der Waals surface area contributed by atoms with Crippen LogP contribution in [-0.2, 0) is 16.0 Å². The molecule has 1 saturated heterocycles. The minimum atomic E-state index is -0.600. The van der Waals surface area contributed by atoms with Crippen LogP contribution in [0.2, 0.25) is 0 Å². The van der Waals surface area contributed by atoms with Crippen molar-refractivity contribution < 1.29 is 18.3 Å². The van der Waals surface area contributed by atoms with Gasteiger partial charge in [-0.2, -0.15) is 5.10 Å². The number of carbonyl (C=O) groups is 1. The van der Waals surface area contributed by atoms with Gasteiger partial charge in [0.15, 0.2) is 5.13 Å². The molecule has 0 aliphatic carbocycles. The minimum absolute atomic E-state index is 0.00793. The van der Waals surface area contributed by atoms with E-state index in [1.54, 1.807) is 0 Å². The number of hydrazone groups is 1. The zero-order chi connectivity index (χ0) is 18.5. The standard InChI is InChI=1S/C17H18F2N4O2S/c1-11(14-8-12(18)2-3-15(14)19)21-22-16(24)9-13-10-26-17(20-13)23-4-6-25-7-5-23/h2-3,8,10H,4-7,9H2,1H3,(H,22,24)/b21-11-. The number of nitrogens with one attached hydrogen (secondary N) is 1. The molecule has 2 aromatic rings. The molecule has 138 valence electrons. The summed E-state index contributed by atoms with van der Waals surface area (Å²) < 4.78 is 32.2. The zero-order valence-electron chi connectivity index (χ0n) is 14.2. The molecule has 1 aliphatic rings. The van der Waals surface area contributed by atoms with Crippen LogP contribution in [-0.4, -0.2) is 42.9 Å². The summed E-state index contributed by atoms with van der Waals surface area (Å²) in [5.74, 6) is -1.54. The van der Waals surface area contributed by atoms with Crippen molar-refractivity contribution in [2.45, 2.75) is 13.3 Å². The quantitative estimate of drug-likeness (QED) is 0.639. The van der Waals surface area contributed by atoms with Gasteiger partial charge in [0.05, 0.1) is 31.0 Å². The number of ether oxygens (including phenoxy) is 1. The summed E-state index contributed by atoms with van der Waals surface area (Å²) in [6, 6.07) is 3.09. The molecule has 1 amide bonds. The third kappa shape index (κ3) is 4.61. The first kappa shape index (κ1) is 18.4. The minimum Gasteiger partial charge on any atom is -0.378 e. The van der Waals surface area contributed by atoms with Crippen LogP contribution in [0, 0.1) is 11.6 Å². The average Bonchev–Trinajstić information content (AvgIpc) is 3.11. The highest BCUT2D eigenvalue weighted by Crippen LogP contribution is 2.21. The van der Waals surface area contributed by atoms with Crippen LogP contribution in [0.5, 0.6) is 0 Å². The number of halogens is 2. The highest BCUT2D eigenvalue weighted by Gasteiger charge is 2.16. The normalized spacial score (nSPS) is 15.2. The van der Waals surface area contributed by atoms with E-state index in [0.717, 1.165) is 36.4 Å². The van der Waals surface area contributed by atoms with Gasteiger partial charge >= 0.3 is 0 Å². The number of thiazole rings is 1. The third-order valence-electron chi connectivity index (χ3n) is 3.83. The van der Waals surface area contributed by atoms with Gasteiger partial charge in [-0.1, -0.05) is 0 Å². The number of amides is 1. The van der Waals surface area contributed by atoms with Crippen LogP contribution in [0.4, 0.5) is 13.9 Å². The molecule has 0 unspecified atom stereocenters. The van der Waals surface area contributed by atoms with Crippen molar-refractivity contribution in [3.8, 4) is 0 Å². The molecule has 26 heavy (non-hydrogen) atoms. The van der Waals surface area contributed by atoms with Gasteiger partial charge in [-0.05, 0) is 25.1 Å². The Bertz CT molecular complexity index is 819. The lowest BCUT2D eigenvalue weighted by molar-refractivity contribution is -0.120. The molecule has 1 aliphatic heterocycles. The number of hydrogen-bond acceptors (Lipinski definition) is 6. The van der Waals surface area contributed by atoms with E-state index < -0.39 is 11.6 Å². The highest BCUT2D eigenvalue weighted by molar-refractivity contribution is 7.13. The second kappa shape index (κ2) is 8.33. The van der Waals surface area contributed by atoms with Crippen molar-refractivity contribution in [2.24, 2.45) is 5.10 Å². The predicted molar refractivity (Wildman–Crippen MR) is 95.6 cm³/mol. The summed E-state index contributed by atoms with van der Waals surface area (Å²) in [6.45, 7) is 4.39. The van der Waals surface area contributed by atoms with E-state index in [2.05, 4.69) is 20.4 Å². The van der Waals surface area contributed by atoms with E-state index in [1.165, 1.54) is 18.3 Å². The molecule has 1 N–H and O–H groups in total. The topological polar surface area (TPSA) is 66.8 Å². The number of anilines is 1. The van der Waals surface area contributed by atoms with Gasteiger partial charge in [-0.25, -0.2) is 19.2 Å². The van der Waals surface area contributed by atoms with E-state index in [0.29, 0.717) is 18.9 Å². The first-order valence-electron chi connectivity index (χ1n) is 8.08. The Morgan fingerprint density at radius 1 is 1.38 bits per heavy atom. The lowest BCUT2D eigenvalue weighted by Gasteiger charge is -2.26. The lowest BCUT2D eigenvalue weighted by Crippen LogP contribution is -2.36. The molecule has 0 radical (unpaired) electrons. The number of morpholine rings is 1. The molecule has 3 rings (SSSR count). The highest BCUT2D eigenvalue weighted by atomic mass is 32.1. The van der Waals surface area contributed by atoms with Gasteiger partial charge in [0, 0.05) is 24.0 Å². The number of rotatable bonds is 5. The molecule has 0 spiro atoms. The van der Waals surface area contributed by atoms with Gasteiger partial charge in [-0.15, -0.1) is 11.3 Å². The monoisotopic (exact) mass is 380 g/mol. The fourth-order valence-electron chi connectivity index (χ4n) is 2.46. The molecule has 0 atom stereocenters. The second-order valence-electron chi connectivity index (χ2n) is 5.75. The van der Waals surface area contributed by atoms with E-state index in [-0.39, 0.29) is 23.6 Å². The number of benzene rings is 1. The zero-order valence-corrected chi connectivity index (χ0v) is 15.0. The lowest BCUT2D eigenvalue weighted by atomic mass is 10.1. The molecule has 0 bridgehead atoms. The Balaban J connectivity index is 1.58. The molecule has 1 aromatic heterocycles. The fraction of sp³-hybridized carbons (Fsp3) is 0.353. The Kier molecular flexibility index (Phi) is 5.89. The smallest absolute Gasteiger partial charge is 0.246 e.